The minimum atomic E-state index is -1.32. The number of benzene rings is 2. The van der Waals surface area contributed by atoms with Crippen LogP contribution in [0.5, 0.6) is 5.75 Å². The minimum absolute atomic E-state index is 0.150. The predicted octanol–water partition coefficient (Wildman–Crippen LogP) is 0.944. The molecular formula is C19H17N4O4S-. The quantitative estimate of drug-likeness (QED) is 0.344. The predicted molar refractivity (Wildman–Crippen MR) is 104 cm³/mol. The second kappa shape index (κ2) is 9.05. The van der Waals surface area contributed by atoms with Crippen LogP contribution in [0.15, 0.2) is 58.8 Å². The third-order valence-electron chi connectivity index (χ3n) is 3.74. The van der Waals surface area contributed by atoms with E-state index in [1.807, 2.05) is 35.9 Å². The van der Waals surface area contributed by atoms with Gasteiger partial charge in [-0.3, -0.25) is 4.79 Å². The molecule has 1 N–H and O–H groups in total. The largest absolute Gasteiger partial charge is 0.546 e. The molecule has 9 heteroatoms. The van der Waals surface area contributed by atoms with Crippen LogP contribution in [0.3, 0.4) is 0 Å². The Morgan fingerprint density at radius 2 is 2.00 bits per heavy atom. The Morgan fingerprint density at radius 1 is 1.25 bits per heavy atom. The fourth-order valence-corrected chi connectivity index (χ4v) is 3.22. The van der Waals surface area contributed by atoms with Crippen LogP contribution in [0.1, 0.15) is 5.56 Å². The number of carbonyl (C=O) groups excluding carboxylic acids is 2. The van der Waals surface area contributed by atoms with Gasteiger partial charge in [0, 0.05) is 12.6 Å². The Balaban J connectivity index is 1.55. The lowest BCUT2D eigenvalue weighted by Crippen LogP contribution is -2.29. The lowest BCUT2D eigenvalue weighted by atomic mass is 10.2. The average molecular weight is 397 g/mol. The Bertz CT molecular complexity index is 1030. The fraction of sp³-hybridized carbons (Fsp3) is 0.158. The van der Waals surface area contributed by atoms with Crippen LogP contribution in [-0.2, 0) is 16.6 Å². The summed E-state index contributed by atoms with van der Waals surface area (Å²) in [5, 5.41) is 15.2. The highest BCUT2D eigenvalue weighted by atomic mass is 32.2. The smallest absolute Gasteiger partial charge is 0.250 e. The summed E-state index contributed by atoms with van der Waals surface area (Å²) in [5.74, 6) is -1.13. The van der Waals surface area contributed by atoms with E-state index in [9.17, 15) is 14.7 Å². The molecule has 8 nitrogen and oxygen atoms in total. The number of fused-ring (bicyclic) bond motifs is 1. The highest BCUT2D eigenvalue weighted by molar-refractivity contribution is 7.99. The number of nitrogens with zero attached hydrogens (tertiary/aromatic N) is 3. The van der Waals surface area contributed by atoms with Crippen molar-refractivity contribution in [2.75, 3.05) is 12.4 Å². The SMILES string of the molecule is Cn1c(SCC(=O)N/N=C/c2ccccc2OCC(=O)[O-])nc2ccccc21. The molecule has 0 radical (unpaired) electrons. The molecule has 0 fully saturated rings. The third kappa shape index (κ3) is 4.89. The number of carboxylic acid groups (broad SMARTS) is 1. The van der Waals surface area contributed by atoms with Crippen molar-refractivity contribution < 1.29 is 19.4 Å². The van der Waals surface area contributed by atoms with Crippen LogP contribution >= 0.6 is 11.8 Å². The van der Waals surface area contributed by atoms with Gasteiger partial charge in [0.2, 0.25) is 0 Å². The Morgan fingerprint density at radius 3 is 2.79 bits per heavy atom. The maximum Gasteiger partial charge on any atom is 0.250 e. The molecular weight excluding hydrogens is 380 g/mol. The highest BCUT2D eigenvalue weighted by Crippen LogP contribution is 2.22. The van der Waals surface area contributed by atoms with Gasteiger partial charge in [0.15, 0.2) is 5.16 Å². The van der Waals surface area contributed by atoms with Gasteiger partial charge < -0.3 is 19.2 Å². The minimum Gasteiger partial charge on any atom is -0.546 e. The number of aryl methyl sites for hydroxylation is 1. The van der Waals surface area contributed by atoms with E-state index in [2.05, 4.69) is 15.5 Å². The Labute approximate surface area is 165 Å². The zero-order chi connectivity index (χ0) is 19.9. The molecule has 3 rings (SSSR count). The molecule has 0 atom stereocenters. The molecule has 28 heavy (non-hydrogen) atoms. The first-order chi connectivity index (χ1) is 13.5. The van der Waals surface area contributed by atoms with E-state index in [1.54, 1.807) is 24.3 Å². The maximum atomic E-state index is 12.0. The van der Waals surface area contributed by atoms with Gasteiger partial charge in [-0.1, -0.05) is 36.0 Å². The van der Waals surface area contributed by atoms with Crippen LogP contribution in [0.25, 0.3) is 11.0 Å². The second-order valence-electron chi connectivity index (χ2n) is 5.72. The van der Waals surface area contributed by atoms with Gasteiger partial charge in [0.25, 0.3) is 5.91 Å². The summed E-state index contributed by atoms with van der Waals surface area (Å²) in [6.07, 6.45) is 1.39. The Kier molecular flexibility index (Phi) is 6.28. The van der Waals surface area contributed by atoms with Crippen molar-refractivity contribution in [1.29, 1.82) is 0 Å². The van der Waals surface area contributed by atoms with Gasteiger partial charge in [-0.2, -0.15) is 5.10 Å². The first-order valence-corrected chi connectivity index (χ1v) is 9.31. The van der Waals surface area contributed by atoms with Crippen molar-refractivity contribution in [2.45, 2.75) is 5.16 Å². The molecule has 144 valence electrons. The van der Waals surface area contributed by atoms with E-state index in [1.165, 1.54) is 18.0 Å². The first-order valence-electron chi connectivity index (χ1n) is 8.32. The molecule has 0 aliphatic heterocycles. The number of hydrogen-bond donors (Lipinski definition) is 1. The number of rotatable bonds is 8. The maximum absolute atomic E-state index is 12.0. The van der Waals surface area contributed by atoms with E-state index < -0.39 is 12.6 Å². The molecule has 0 saturated heterocycles. The zero-order valence-corrected chi connectivity index (χ0v) is 15.8. The number of ether oxygens (including phenoxy) is 1. The summed E-state index contributed by atoms with van der Waals surface area (Å²) in [6.45, 7) is -0.564. The monoisotopic (exact) mass is 397 g/mol. The molecule has 0 aliphatic rings. The Hall–Kier alpha value is -3.33. The number of carboxylic acids is 1. The third-order valence-corrected chi connectivity index (χ3v) is 4.77. The fourth-order valence-electron chi connectivity index (χ4n) is 2.44. The van der Waals surface area contributed by atoms with Crippen molar-refractivity contribution in [1.82, 2.24) is 15.0 Å². The number of para-hydroxylation sites is 3. The summed E-state index contributed by atoms with van der Waals surface area (Å²) < 4.78 is 7.05. The lowest BCUT2D eigenvalue weighted by Gasteiger charge is -2.09. The number of aliphatic carboxylic acids is 1. The number of imidazole rings is 1. The second-order valence-corrected chi connectivity index (χ2v) is 6.66. The summed E-state index contributed by atoms with van der Waals surface area (Å²) >= 11 is 1.31. The van der Waals surface area contributed by atoms with Crippen molar-refractivity contribution in [2.24, 2.45) is 12.1 Å². The number of amides is 1. The van der Waals surface area contributed by atoms with Gasteiger partial charge in [0.1, 0.15) is 12.4 Å². The lowest BCUT2D eigenvalue weighted by molar-refractivity contribution is -0.307. The van der Waals surface area contributed by atoms with Gasteiger partial charge in [-0.25, -0.2) is 10.4 Å². The van der Waals surface area contributed by atoms with Gasteiger partial charge in [-0.05, 0) is 24.3 Å². The molecule has 1 amide bonds. The van der Waals surface area contributed by atoms with E-state index in [0.29, 0.717) is 11.3 Å². The van der Waals surface area contributed by atoms with Crippen molar-refractivity contribution in [3.8, 4) is 5.75 Å². The molecule has 0 saturated carbocycles. The number of thioether (sulfide) groups is 1. The molecule has 0 spiro atoms. The van der Waals surface area contributed by atoms with Crippen molar-refractivity contribution >= 4 is 40.9 Å². The first kappa shape index (κ1) is 19.4. The van der Waals surface area contributed by atoms with Crippen LogP contribution in [0.4, 0.5) is 0 Å². The molecule has 1 aromatic heterocycles. The molecule has 1 heterocycles. The van der Waals surface area contributed by atoms with E-state index in [4.69, 9.17) is 4.74 Å². The number of carbonyl (C=O) groups is 2. The van der Waals surface area contributed by atoms with Crippen LogP contribution < -0.4 is 15.3 Å². The highest BCUT2D eigenvalue weighted by Gasteiger charge is 2.10. The van der Waals surface area contributed by atoms with Gasteiger partial charge in [-0.15, -0.1) is 0 Å². The van der Waals surface area contributed by atoms with E-state index >= 15 is 0 Å². The van der Waals surface area contributed by atoms with Crippen LogP contribution in [0.2, 0.25) is 0 Å². The average Bonchev–Trinajstić information content (AvgIpc) is 3.01. The van der Waals surface area contributed by atoms with Gasteiger partial charge in [0.05, 0.1) is 29.0 Å². The summed E-state index contributed by atoms with van der Waals surface area (Å²) in [6, 6.07) is 14.5. The number of hydrazone groups is 1. The number of hydrogen-bond acceptors (Lipinski definition) is 7. The molecule has 0 unspecified atom stereocenters. The number of nitrogens with one attached hydrogen (secondary N) is 1. The topological polar surface area (TPSA) is 109 Å². The van der Waals surface area contributed by atoms with E-state index in [0.717, 1.165) is 16.2 Å². The molecule has 0 aliphatic carbocycles. The van der Waals surface area contributed by atoms with Crippen LogP contribution in [-0.4, -0.2) is 40.0 Å². The van der Waals surface area contributed by atoms with Crippen molar-refractivity contribution in [3.05, 3.63) is 54.1 Å². The van der Waals surface area contributed by atoms with Crippen LogP contribution in [0, 0.1) is 0 Å². The summed E-state index contributed by atoms with van der Waals surface area (Å²) in [7, 11) is 1.90. The van der Waals surface area contributed by atoms with Crippen molar-refractivity contribution in [3.63, 3.8) is 0 Å². The normalized spacial score (nSPS) is 11.0. The van der Waals surface area contributed by atoms with E-state index in [-0.39, 0.29) is 11.7 Å². The summed E-state index contributed by atoms with van der Waals surface area (Å²) in [4.78, 5) is 27.1. The van der Waals surface area contributed by atoms with Gasteiger partial charge >= 0.3 is 0 Å². The zero-order valence-electron chi connectivity index (χ0n) is 15.0. The standard InChI is InChI=1S/C19H18N4O4S/c1-23-15-8-4-3-7-14(15)21-19(23)28-12-17(24)22-20-10-13-6-2-5-9-16(13)27-11-18(25)26/h2-10H,11-12H2,1H3,(H,22,24)(H,25,26)/p-1/b20-10+. The molecule has 3 aromatic rings. The summed E-state index contributed by atoms with van der Waals surface area (Å²) in [5.41, 5.74) is 4.84. The molecule has 2 aromatic carbocycles. The molecule has 0 bridgehead atoms. The number of aromatic nitrogens is 2.